The number of sulfonamides is 2. The van der Waals surface area contributed by atoms with E-state index < -0.39 is 26.0 Å². The number of fused-ring (bicyclic) bond motifs is 2. The third-order valence-corrected chi connectivity index (χ3v) is 9.49. The molecule has 0 saturated heterocycles. The second-order valence-electron chi connectivity index (χ2n) is 10.2. The molecule has 13 heteroatoms. The Kier molecular flexibility index (Phi) is 6.37. The fourth-order valence-electron chi connectivity index (χ4n) is 4.65. The van der Waals surface area contributed by atoms with Crippen LogP contribution < -0.4 is 10.0 Å². The number of rotatable bonds is 6. The first-order valence-corrected chi connectivity index (χ1v) is 15.3. The summed E-state index contributed by atoms with van der Waals surface area (Å²) in [6.07, 6.45) is 4.13. The van der Waals surface area contributed by atoms with Crippen molar-refractivity contribution < 1.29 is 26.7 Å². The summed E-state index contributed by atoms with van der Waals surface area (Å²) in [6, 6.07) is -0.106. The van der Waals surface area contributed by atoms with E-state index in [0.717, 1.165) is 36.9 Å². The van der Waals surface area contributed by atoms with Crippen molar-refractivity contribution in [3.8, 4) is 0 Å². The Labute approximate surface area is 204 Å². The number of hydrogen-bond acceptors (Lipinski definition) is 8. The van der Waals surface area contributed by atoms with Crippen molar-refractivity contribution in [2.24, 2.45) is 15.7 Å². The van der Waals surface area contributed by atoms with Gasteiger partial charge < -0.3 is 15.3 Å². The van der Waals surface area contributed by atoms with E-state index in [0.29, 0.717) is 13.0 Å². The fraction of sp³-hybridized carbons (Fsp3) is 0.619. The number of amides is 1. The van der Waals surface area contributed by atoms with Crippen LogP contribution in [0.2, 0.25) is 0 Å². The van der Waals surface area contributed by atoms with Crippen LogP contribution in [-0.4, -0.2) is 57.4 Å². The van der Waals surface area contributed by atoms with Crippen molar-refractivity contribution in [3.05, 3.63) is 22.3 Å². The van der Waals surface area contributed by atoms with Crippen LogP contribution in [0.4, 0.5) is 5.00 Å². The molecule has 0 bridgehead atoms. The third kappa shape index (κ3) is 4.88. The van der Waals surface area contributed by atoms with Crippen LogP contribution in [0, 0.1) is 11.3 Å². The highest BCUT2D eigenvalue weighted by molar-refractivity contribution is 7.91. The number of amidine groups is 1. The lowest BCUT2D eigenvalue weighted by molar-refractivity contribution is -0.131. The highest BCUT2D eigenvalue weighted by Crippen LogP contribution is 2.43. The molecule has 2 unspecified atom stereocenters. The van der Waals surface area contributed by atoms with Gasteiger partial charge in [-0.15, -0.1) is 15.7 Å². The topological polar surface area (TPSA) is 145 Å². The lowest BCUT2D eigenvalue weighted by Crippen LogP contribution is -2.51. The van der Waals surface area contributed by atoms with Crippen molar-refractivity contribution in [2.75, 3.05) is 18.1 Å². The van der Waals surface area contributed by atoms with Crippen molar-refractivity contribution in [3.63, 3.8) is 0 Å². The summed E-state index contributed by atoms with van der Waals surface area (Å²) < 4.78 is 55.2. The summed E-state index contributed by atoms with van der Waals surface area (Å²) in [5.74, 6) is -0.977. The third-order valence-electron chi connectivity index (χ3n) is 6.34. The minimum Gasteiger partial charge on any atom is -0.511 e. The van der Waals surface area contributed by atoms with Gasteiger partial charge in [-0.3, -0.25) is 4.79 Å². The summed E-state index contributed by atoms with van der Waals surface area (Å²) >= 11 is 1.07. The molecule has 1 aliphatic carbocycles. The smallest absolute Gasteiger partial charge is 0.287 e. The SMILES string of the molecule is CC(C)(C)CCN1C(=O)C(C2=NS(=O)(=O)c3c(CNS(C)(=O)=O)csc3N2)=C(O)C2CCCC21. The molecule has 0 aromatic carbocycles. The zero-order valence-electron chi connectivity index (χ0n) is 19.6. The lowest BCUT2D eigenvalue weighted by Gasteiger charge is -2.39. The number of nitrogens with zero attached hydrogens (tertiary/aromatic N) is 2. The Morgan fingerprint density at radius 2 is 2.03 bits per heavy atom. The number of anilines is 1. The molecule has 4 rings (SSSR count). The number of aliphatic hydroxyl groups excluding tert-OH is 1. The van der Waals surface area contributed by atoms with Crippen molar-refractivity contribution in [1.29, 1.82) is 0 Å². The van der Waals surface area contributed by atoms with Gasteiger partial charge in [-0.25, -0.2) is 13.1 Å². The second kappa shape index (κ2) is 8.61. The van der Waals surface area contributed by atoms with Crippen LogP contribution in [0.15, 0.2) is 26.0 Å². The minimum atomic E-state index is -4.23. The van der Waals surface area contributed by atoms with Crippen LogP contribution in [0.3, 0.4) is 0 Å². The first-order chi connectivity index (χ1) is 15.7. The zero-order valence-corrected chi connectivity index (χ0v) is 22.0. The van der Waals surface area contributed by atoms with E-state index in [1.165, 1.54) is 5.38 Å². The maximum Gasteiger partial charge on any atom is 0.287 e. The van der Waals surface area contributed by atoms with E-state index in [1.807, 2.05) is 0 Å². The molecule has 0 radical (unpaired) electrons. The Bertz CT molecular complexity index is 1290. The number of thiophene rings is 1. The van der Waals surface area contributed by atoms with Gasteiger partial charge in [-0.2, -0.15) is 8.42 Å². The van der Waals surface area contributed by atoms with Gasteiger partial charge in [0.1, 0.15) is 21.2 Å². The van der Waals surface area contributed by atoms with Gasteiger partial charge in [0.2, 0.25) is 10.0 Å². The molecule has 1 aromatic rings. The van der Waals surface area contributed by atoms with Crippen LogP contribution in [0.1, 0.15) is 52.0 Å². The van der Waals surface area contributed by atoms with E-state index in [4.69, 9.17) is 0 Å². The Morgan fingerprint density at radius 1 is 1.32 bits per heavy atom. The summed E-state index contributed by atoms with van der Waals surface area (Å²) in [5.41, 5.74) is 0.163. The van der Waals surface area contributed by atoms with E-state index in [1.54, 1.807) is 4.90 Å². The molecular formula is C21H30N4O6S3. The van der Waals surface area contributed by atoms with Crippen molar-refractivity contribution in [1.82, 2.24) is 9.62 Å². The molecule has 1 aromatic heterocycles. The predicted molar refractivity (Wildman–Crippen MR) is 131 cm³/mol. The lowest BCUT2D eigenvalue weighted by atomic mass is 9.87. The molecule has 2 aliphatic heterocycles. The van der Waals surface area contributed by atoms with Gasteiger partial charge in [-0.1, -0.05) is 27.2 Å². The van der Waals surface area contributed by atoms with E-state index in [9.17, 15) is 26.7 Å². The molecule has 3 aliphatic rings. The van der Waals surface area contributed by atoms with E-state index in [-0.39, 0.29) is 56.5 Å². The molecule has 3 heterocycles. The summed E-state index contributed by atoms with van der Waals surface area (Å²) in [5, 5.41) is 15.7. The second-order valence-corrected chi connectivity index (χ2v) is 14.5. The van der Waals surface area contributed by atoms with Crippen LogP contribution in [-0.2, 0) is 31.4 Å². The molecule has 2 atom stereocenters. The molecule has 1 fully saturated rings. The highest BCUT2D eigenvalue weighted by Gasteiger charge is 2.47. The van der Waals surface area contributed by atoms with Crippen molar-refractivity contribution >= 4 is 48.1 Å². The number of nitrogens with one attached hydrogen (secondary N) is 2. The average molecular weight is 531 g/mol. The fourth-order valence-corrected chi connectivity index (χ4v) is 7.68. The van der Waals surface area contributed by atoms with Gasteiger partial charge in [0.05, 0.1) is 6.26 Å². The van der Waals surface area contributed by atoms with Gasteiger partial charge in [0.25, 0.3) is 15.9 Å². The predicted octanol–water partition coefficient (Wildman–Crippen LogP) is 2.57. The average Bonchev–Trinajstić information content (AvgIpc) is 3.32. The maximum absolute atomic E-state index is 13.6. The summed E-state index contributed by atoms with van der Waals surface area (Å²) in [4.78, 5) is 15.2. The first kappa shape index (κ1) is 25.1. The van der Waals surface area contributed by atoms with E-state index >= 15 is 0 Å². The molecule has 34 heavy (non-hydrogen) atoms. The monoisotopic (exact) mass is 530 g/mol. The Balaban J connectivity index is 1.70. The Hall–Kier alpha value is -1.96. The number of hydrogen-bond donors (Lipinski definition) is 3. The number of aliphatic hydroxyl groups is 1. The summed E-state index contributed by atoms with van der Waals surface area (Å²) in [6.45, 7) is 6.58. The van der Waals surface area contributed by atoms with Gasteiger partial charge in [0, 0.05) is 30.6 Å². The molecule has 10 nitrogen and oxygen atoms in total. The van der Waals surface area contributed by atoms with Gasteiger partial charge >= 0.3 is 0 Å². The van der Waals surface area contributed by atoms with Crippen molar-refractivity contribution in [2.45, 2.75) is 63.9 Å². The quantitative estimate of drug-likeness (QED) is 0.512. The van der Waals surface area contributed by atoms with Gasteiger partial charge in [-0.05, 0) is 30.1 Å². The number of carbonyl (C=O) groups is 1. The molecule has 1 amide bonds. The number of carbonyl (C=O) groups excluding carboxylic acids is 1. The minimum absolute atomic E-state index is 0.00394. The summed E-state index contributed by atoms with van der Waals surface area (Å²) in [7, 11) is -7.76. The molecule has 0 spiro atoms. The van der Waals surface area contributed by atoms with E-state index in [2.05, 4.69) is 35.2 Å². The molecule has 188 valence electrons. The van der Waals surface area contributed by atoms with Crippen LogP contribution >= 0.6 is 11.3 Å². The maximum atomic E-state index is 13.6. The largest absolute Gasteiger partial charge is 0.511 e. The van der Waals surface area contributed by atoms with Crippen LogP contribution in [0.25, 0.3) is 0 Å². The molecular weight excluding hydrogens is 500 g/mol. The normalized spacial score (nSPS) is 24.5. The first-order valence-electron chi connectivity index (χ1n) is 11.1. The van der Waals surface area contributed by atoms with Gasteiger partial charge in [0.15, 0.2) is 5.84 Å². The zero-order chi connectivity index (χ0) is 25.1. The standard InChI is InChI=1S/C21H30N4O6S3/c1-21(2,3)8-9-25-14-7-5-6-13(14)16(26)15(20(25)27)18-23-19-17(34(30,31)24-18)12(11-32-19)10-22-33(4,28)29/h11,13-14,22,26H,5-10H2,1-4H3,(H,23,24). The highest BCUT2D eigenvalue weighted by atomic mass is 32.2. The molecule has 3 N–H and O–H groups in total. The molecule has 1 saturated carbocycles. The Morgan fingerprint density at radius 3 is 2.68 bits per heavy atom. The van der Waals surface area contributed by atoms with Crippen LogP contribution in [0.5, 0.6) is 0 Å².